The Morgan fingerprint density at radius 1 is 1.40 bits per heavy atom. The van der Waals surface area contributed by atoms with E-state index in [1.54, 1.807) is 6.07 Å². The number of halogens is 3. The molecule has 0 radical (unpaired) electrons. The summed E-state index contributed by atoms with van der Waals surface area (Å²) in [4.78, 5) is 19.9. The highest BCUT2D eigenvalue weighted by Crippen LogP contribution is 2.38. The molecule has 0 saturated carbocycles. The predicted octanol–water partition coefficient (Wildman–Crippen LogP) is 3.74. The Kier molecular flexibility index (Phi) is 6.85. The van der Waals surface area contributed by atoms with Gasteiger partial charge in [-0.15, -0.1) is 0 Å². The molecule has 0 unspecified atom stereocenters. The molecule has 1 amide bonds. The van der Waals surface area contributed by atoms with Crippen molar-refractivity contribution in [2.24, 2.45) is 5.92 Å². The summed E-state index contributed by atoms with van der Waals surface area (Å²) in [5.74, 6) is 0.0759. The van der Waals surface area contributed by atoms with E-state index in [1.807, 2.05) is 20.8 Å². The first kappa shape index (κ1) is 17.8. The van der Waals surface area contributed by atoms with Gasteiger partial charge in [0.05, 0.1) is 0 Å². The summed E-state index contributed by atoms with van der Waals surface area (Å²) in [5, 5.41) is 2.65. The highest BCUT2D eigenvalue weighted by Gasteiger charge is 2.35. The fourth-order valence-electron chi connectivity index (χ4n) is 1.37. The average molecular weight is 357 g/mol. The van der Waals surface area contributed by atoms with Crippen molar-refractivity contribution in [3.8, 4) is 0 Å². The molecule has 0 aliphatic heterocycles. The van der Waals surface area contributed by atoms with E-state index in [0.717, 1.165) is 5.69 Å². The van der Waals surface area contributed by atoms with Gasteiger partial charge in [0.15, 0.2) is 0 Å². The number of amides is 1. The van der Waals surface area contributed by atoms with Crippen molar-refractivity contribution in [1.29, 1.82) is 0 Å². The first-order valence-corrected chi connectivity index (χ1v) is 8.01. The van der Waals surface area contributed by atoms with Crippen molar-refractivity contribution in [3.05, 3.63) is 18.1 Å². The minimum absolute atomic E-state index is 0.158. The van der Waals surface area contributed by atoms with Gasteiger partial charge in [0.1, 0.15) is 16.7 Å². The first-order valence-electron chi connectivity index (χ1n) is 6.00. The van der Waals surface area contributed by atoms with Crippen LogP contribution in [0.1, 0.15) is 26.0 Å². The molecule has 1 atom stereocenters. The maximum absolute atomic E-state index is 11.8. The molecule has 1 aromatic heterocycles. The van der Waals surface area contributed by atoms with Gasteiger partial charge in [-0.05, 0) is 18.9 Å². The predicted molar refractivity (Wildman–Crippen MR) is 84.3 cm³/mol. The van der Waals surface area contributed by atoms with Crippen LogP contribution in [0.3, 0.4) is 0 Å². The Hall–Kier alpha value is -0.230. The Morgan fingerprint density at radius 3 is 2.55 bits per heavy atom. The second-order valence-electron chi connectivity index (χ2n) is 4.70. The number of carbonyl (C=O) groups excluding carboxylic acids is 1. The largest absolute Gasteiger partial charge is 0.340 e. The van der Waals surface area contributed by atoms with Crippen LogP contribution in [0.25, 0.3) is 0 Å². The zero-order chi connectivity index (χ0) is 15.3. The van der Waals surface area contributed by atoms with Gasteiger partial charge in [0.2, 0.25) is 9.70 Å². The lowest BCUT2D eigenvalue weighted by Gasteiger charge is -2.25. The van der Waals surface area contributed by atoms with E-state index in [-0.39, 0.29) is 11.8 Å². The van der Waals surface area contributed by atoms with Crippen LogP contribution in [0.4, 0.5) is 0 Å². The number of thioether (sulfide) groups is 1. The molecule has 0 aliphatic rings. The van der Waals surface area contributed by atoms with Gasteiger partial charge < -0.3 is 5.32 Å². The normalized spacial score (nSPS) is 13.3. The molecule has 0 fully saturated rings. The van der Waals surface area contributed by atoms with Crippen LogP contribution in [0.2, 0.25) is 0 Å². The second kappa shape index (κ2) is 7.69. The smallest absolute Gasteiger partial charge is 0.221 e. The van der Waals surface area contributed by atoms with Gasteiger partial charge in [-0.25, -0.2) is 9.97 Å². The van der Waals surface area contributed by atoms with Gasteiger partial charge >= 0.3 is 0 Å². The monoisotopic (exact) mass is 355 g/mol. The molecular formula is C12H16Cl3N3OS. The van der Waals surface area contributed by atoms with E-state index in [9.17, 15) is 4.79 Å². The zero-order valence-corrected chi connectivity index (χ0v) is 14.4. The summed E-state index contributed by atoms with van der Waals surface area (Å²) >= 11 is 19.0. The van der Waals surface area contributed by atoms with Crippen LogP contribution in [0, 0.1) is 12.8 Å². The Morgan fingerprint density at radius 2 is 2.05 bits per heavy atom. The molecule has 0 aliphatic carbocycles. The van der Waals surface area contributed by atoms with E-state index < -0.39 is 9.17 Å². The minimum Gasteiger partial charge on any atom is -0.340 e. The van der Waals surface area contributed by atoms with Crippen molar-refractivity contribution in [2.45, 2.75) is 41.4 Å². The van der Waals surface area contributed by atoms with Crippen molar-refractivity contribution >= 4 is 52.5 Å². The van der Waals surface area contributed by atoms with Crippen LogP contribution in [-0.4, -0.2) is 25.0 Å². The molecule has 1 heterocycles. The number of hydrogen-bond donors (Lipinski definition) is 1. The number of aryl methyl sites for hydroxylation is 1. The zero-order valence-electron chi connectivity index (χ0n) is 11.4. The van der Waals surface area contributed by atoms with Gasteiger partial charge in [0.25, 0.3) is 0 Å². The van der Waals surface area contributed by atoms with Crippen molar-refractivity contribution in [2.75, 3.05) is 0 Å². The first-order chi connectivity index (χ1) is 9.18. The van der Waals surface area contributed by atoms with E-state index >= 15 is 0 Å². The standard InChI is InChI=1S/C12H16Cl3N3OS/c1-7(2)4-9(19)18-11(12(13,14)15)20-10-5-8(3)16-6-17-10/h5-7,11H,4H2,1-3H3,(H,18,19)/t11-/m1/s1. The lowest BCUT2D eigenvalue weighted by molar-refractivity contribution is -0.121. The van der Waals surface area contributed by atoms with Crippen molar-refractivity contribution < 1.29 is 4.79 Å². The maximum atomic E-state index is 11.8. The SMILES string of the molecule is Cc1cc(S[C@@H](NC(=O)CC(C)C)C(Cl)(Cl)Cl)ncn1. The molecule has 1 rings (SSSR count). The number of hydrogen-bond acceptors (Lipinski definition) is 4. The fraction of sp³-hybridized carbons (Fsp3) is 0.583. The summed E-state index contributed by atoms with van der Waals surface area (Å²) in [6, 6.07) is 1.77. The third kappa shape index (κ3) is 6.48. The second-order valence-corrected chi connectivity index (χ2v) is 8.20. The van der Waals surface area contributed by atoms with Gasteiger partial charge in [-0.1, -0.05) is 60.4 Å². The molecule has 4 nitrogen and oxygen atoms in total. The molecule has 1 N–H and O–H groups in total. The summed E-state index contributed by atoms with van der Waals surface area (Å²) in [5.41, 5.74) is 0.805. The van der Waals surface area contributed by atoms with Gasteiger partial charge in [-0.2, -0.15) is 0 Å². The van der Waals surface area contributed by atoms with Gasteiger partial charge in [-0.3, -0.25) is 4.79 Å². The molecule has 8 heteroatoms. The summed E-state index contributed by atoms with van der Waals surface area (Å²) in [6.07, 6.45) is 1.81. The number of nitrogens with zero attached hydrogens (tertiary/aromatic N) is 2. The molecule has 112 valence electrons. The Bertz CT molecular complexity index is 466. The quantitative estimate of drug-likeness (QED) is 0.378. The molecule has 0 saturated heterocycles. The van der Waals surface area contributed by atoms with E-state index in [2.05, 4.69) is 15.3 Å². The Balaban J connectivity index is 2.78. The van der Waals surface area contributed by atoms with Crippen LogP contribution in [-0.2, 0) is 4.79 Å². The van der Waals surface area contributed by atoms with E-state index in [4.69, 9.17) is 34.8 Å². The third-order valence-electron chi connectivity index (χ3n) is 2.20. The summed E-state index contributed by atoms with van der Waals surface area (Å²) in [7, 11) is 0. The Labute approximate surface area is 138 Å². The number of alkyl halides is 3. The topological polar surface area (TPSA) is 54.9 Å². The van der Waals surface area contributed by atoms with E-state index in [1.165, 1.54) is 18.1 Å². The lowest BCUT2D eigenvalue weighted by atomic mass is 10.1. The number of nitrogens with one attached hydrogen (secondary N) is 1. The summed E-state index contributed by atoms with van der Waals surface area (Å²) < 4.78 is -1.63. The highest BCUT2D eigenvalue weighted by atomic mass is 35.6. The van der Waals surface area contributed by atoms with Crippen molar-refractivity contribution in [1.82, 2.24) is 15.3 Å². The molecule has 0 bridgehead atoms. The van der Waals surface area contributed by atoms with Crippen LogP contribution < -0.4 is 5.32 Å². The molecule has 0 spiro atoms. The lowest BCUT2D eigenvalue weighted by Crippen LogP contribution is -2.41. The minimum atomic E-state index is -1.63. The average Bonchev–Trinajstić information content (AvgIpc) is 2.25. The van der Waals surface area contributed by atoms with Crippen LogP contribution in [0.5, 0.6) is 0 Å². The number of rotatable bonds is 5. The number of aromatic nitrogens is 2. The van der Waals surface area contributed by atoms with Gasteiger partial charge in [0, 0.05) is 12.1 Å². The highest BCUT2D eigenvalue weighted by molar-refractivity contribution is 8.00. The van der Waals surface area contributed by atoms with E-state index in [0.29, 0.717) is 11.4 Å². The van der Waals surface area contributed by atoms with Crippen LogP contribution >= 0.6 is 46.6 Å². The maximum Gasteiger partial charge on any atom is 0.221 e. The molecule has 20 heavy (non-hydrogen) atoms. The van der Waals surface area contributed by atoms with Crippen molar-refractivity contribution in [3.63, 3.8) is 0 Å². The molecular weight excluding hydrogens is 341 g/mol. The molecule has 1 aromatic rings. The van der Waals surface area contributed by atoms with Crippen LogP contribution in [0.15, 0.2) is 17.4 Å². The third-order valence-corrected chi connectivity index (χ3v) is 4.42. The fourth-order valence-corrected chi connectivity index (χ4v) is 2.85. The summed E-state index contributed by atoms with van der Waals surface area (Å²) in [6.45, 7) is 5.74. The molecule has 0 aromatic carbocycles. The number of carbonyl (C=O) groups is 1.